The van der Waals surface area contributed by atoms with Crippen molar-refractivity contribution in [2.45, 2.75) is 46.2 Å². The fourth-order valence-corrected chi connectivity index (χ4v) is 3.18. The molecule has 0 saturated heterocycles. The van der Waals surface area contributed by atoms with E-state index in [-0.39, 0.29) is 6.04 Å². The van der Waals surface area contributed by atoms with Gasteiger partial charge in [0.2, 0.25) is 0 Å². The molecule has 2 N–H and O–H groups in total. The fraction of sp³-hybridized carbons (Fsp3) is 0.538. The summed E-state index contributed by atoms with van der Waals surface area (Å²) in [6.45, 7) is 6.79. The van der Waals surface area contributed by atoms with Crippen molar-refractivity contribution in [3.8, 4) is 0 Å². The Morgan fingerprint density at radius 2 is 2.16 bits per heavy atom. The zero-order chi connectivity index (χ0) is 14.0. The van der Waals surface area contributed by atoms with E-state index in [0.29, 0.717) is 0 Å². The molecule has 0 radical (unpaired) electrons. The molecule has 6 heteroatoms. The molecule has 2 aromatic rings. The van der Waals surface area contributed by atoms with Gasteiger partial charge in [0, 0.05) is 36.5 Å². The third-order valence-electron chi connectivity index (χ3n) is 3.01. The lowest BCUT2D eigenvalue weighted by Gasteiger charge is -2.11. The second-order valence-corrected chi connectivity index (χ2v) is 6.03. The van der Waals surface area contributed by atoms with E-state index in [1.54, 1.807) is 11.3 Å². The van der Waals surface area contributed by atoms with Crippen LogP contribution in [-0.2, 0) is 19.4 Å². The van der Waals surface area contributed by atoms with Crippen molar-refractivity contribution in [3.63, 3.8) is 0 Å². The monoisotopic (exact) mass is 298 g/mol. The highest BCUT2D eigenvalue weighted by atomic mass is 35.5. The summed E-state index contributed by atoms with van der Waals surface area (Å²) in [5, 5.41) is 8.29. The molecule has 104 valence electrons. The molecular formula is C13H19ClN4S. The standard InChI is InChI=1S/C13H19ClN4S/c1-4-18-11(13(14)9(3)17-18)5-10(15)6-12-16-8(2)7-19-12/h7,10H,4-6,15H2,1-3H3. The van der Waals surface area contributed by atoms with Gasteiger partial charge in [-0.2, -0.15) is 5.10 Å². The lowest BCUT2D eigenvalue weighted by atomic mass is 10.1. The highest BCUT2D eigenvalue weighted by Crippen LogP contribution is 2.22. The summed E-state index contributed by atoms with van der Waals surface area (Å²) in [7, 11) is 0. The topological polar surface area (TPSA) is 56.7 Å². The maximum Gasteiger partial charge on any atom is 0.0943 e. The Labute approximate surface area is 122 Å². The molecule has 1 atom stereocenters. The predicted molar refractivity (Wildman–Crippen MR) is 79.9 cm³/mol. The predicted octanol–water partition coefficient (Wildman–Crippen LogP) is 2.74. The molecule has 0 saturated carbocycles. The number of nitrogens with zero attached hydrogens (tertiary/aromatic N) is 3. The van der Waals surface area contributed by atoms with Gasteiger partial charge >= 0.3 is 0 Å². The SMILES string of the molecule is CCn1nc(C)c(Cl)c1CC(N)Cc1nc(C)cs1. The highest BCUT2D eigenvalue weighted by Gasteiger charge is 2.16. The minimum absolute atomic E-state index is 0.0180. The smallest absolute Gasteiger partial charge is 0.0943 e. The second-order valence-electron chi connectivity index (χ2n) is 4.71. The minimum Gasteiger partial charge on any atom is -0.327 e. The van der Waals surface area contributed by atoms with Crippen molar-refractivity contribution in [2.24, 2.45) is 5.73 Å². The van der Waals surface area contributed by atoms with Gasteiger partial charge < -0.3 is 5.73 Å². The van der Waals surface area contributed by atoms with E-state index in [1.807, 2.05) is 18.5 Å². The van der Waals surface area contributed by atoms with Crippen LogP contribution in [0.5, 0.6) is 0 Å². The zero-order valence-corrected chi connectivity index (χ0v) is 13.1. The average molecular weight is 299 g/mol. The highest BCUT2D eigenvalue weighted by molar-refractivity contribution is 7.09. The summed E-state index contributed by atoms with van der Waals surface area (Å²) in [5.74, 6) is 0. The summed E-state index contributed by atoms with van der Waals surface area (Å²) in [6, 6.07) is 0.0180. The number of aryl methyl sites for hydroxylation is 3. The lowest BCUT2D eigenvalue weighted by molar-refractivity contribution is 0.573. The first-order valence-corrected chi connectivity index (χ1v) is 7.65. The van der Waals surface area contributed by atoms with Gasteiger partial charge in [0.1, 0.15) is 0 Å². The summed E-state index contributed by atoms with van der Waals surface area (Å²) in [6.07, 6.45) is 1.51. The Hall–Kier alpha value is -0.910. The maximum absolute atomic E-state index is 6.29. The van der Waals surface area contributed by atoms with Crippen molar-refractivity contribution >= 4 is 22.9 Å². The minimum atomic E-state index is 0.0180. The largest absolute Gasteiger partial charge is 0.327 e. The Morgan fingerprint density at radius 1 is 1.42 bits per heavy atom. The Kier molecular flexibility index (Phi) is 4.60. The summed E-state index contributed by atoms with van der Waals surface area (Å²) in [5.41, 5.74) is 9.17. The first kappa shape index (κ1) is 14.5. The van der Waals surface area contributed by atoms with Gasteiger partial charge in [-0.15, -0.1) is 11.3 Å². The fourth-order valence-electron chi connectivity index (χ4n) is 2.11. The molecule has 0 fully saturated rings. The molecular weight excluding hydrogens is 280 g/mol. The quantitative estimate of drug-likeness (QED) is 0.923. The van der Waals surface area contributed by atoms with Gasteiger partial charge in [-0.25, -0.2) is 4.98 Å². The molecule has 2 heterocycles. The molecule has 0 bridgehead atoms. The van der Waals surface area contributed by atoms with Crippen molar-refractivity contribution in [3.05, 3.63) is 32.5 Å². The van der Waals surface area contributed by atoms with Gasteiger partial charge in [0.25, 0.3) is 0 Å². The number of nitrogens with two attached hydrogens (primary N) is 1. The third-order valence-corrected chi connectivity index (χ3v) is 4.49. The number of thiazole rings is 1. The molecule has 0 aliphatic rings. The number of halogens is 1. The summed E-state index contributed by atoms with van der Waals surface area (Å²) in [4.78, 5) is 4.45. The van der Waals surface area contributed by atoms with Crippen molar-refractivity contribution in [1.82, 2.24) is 14.8 Å². The number of hydrogen-bond donors (Lipinski definition) is 1. The van der Waals surface area contributed by atoms with Crippen molar-refractivity contribution in [2.75, 3.05) is 0 Å². The van der Waals surface area contributed by atoms with Crippen LogP contribution in [0.3, 0.4) is 0 Å². The third kappa shape index (κ3) is 3.35. The number of rotatable bonds is 5. The number of hydrogen-bond acceptors (Lipinski definition) is 4. The van der Waals surface area contributed by atoms with E-state index in [9.17, 15) is 0 Å². The molecule has 0 amide bonds. The number of aromatic nitrogens is 3. The molecule has 0 aliphatic heterocycles. The van der Waals surface area contributed by atoms with Crippen LogP contribution in [0.4, 0.5) is 0 Å². The van der Waals surface area contributed by atoms with Crippen LogP contribution in [0.1, 0.15) is 29.0 Å². The first-order chi connectivity index (χ1) is 9.01. The molecule has 1 unspecified atom stereocenters. The van der Waals surface area contributed by atoms with Crippen LogP contribution in [0, 0.1) is 13.8 Å². The molecule has 0 aromatic carbocycles. The van der Waals surface area contributed by atoms with Crippen LogP contribution in [-0.4, -0.2) is 20.8 Å². The van der Waals surface area contributed by atoms with Gasteiger partial charge in [0.15, 0.2) is 0 Å². The van der Waals surface area contributed by atoms with Gasteiger partial charge in [0.05, 0.1) is 21.4 Å². The summed E-state index contributed by atoms with van der Waals surface area (Å²) >= 11 is 7.95. The van der Waals surface area contributed by atoms with Crippen LogP contribution >= 0.6 is 22.9 Å². The van der Waals surface area contributed by atoms with Crippen molar-refractivity contribution in [1.29, 1.82) is 0 Å². The van der Waals surface area contributed by atoms with E-state index in [2.05, 4.69) is 22.4 Å². The van der Waals surface area contributed by atoms with Crippen LogP contribution < -0.4 is 5.73 Å². The van der Waals surface area contributed by atoms with Gasteiger partial charge in [-0.1, -0.05) is 11.6 Å². The second kappa shape index (κ2) is 6.03. The Bertz CT molecular complexity index is 561. The van der Waals surface area contributed by atoms with Gasteiger partial charge in [-0.05, 0) is 20.8 Å². The summed E-state index contributed by atoms with van der Waals surface area (Å²) < 4.78 is 1.94. The van der Waals surface area contributed by atoms with Crippen LogP contribution in [0.15, 0.2) is 5.38 Å². The normalized spacial score (nSPS) is 12.9. The Balaban J connectivity index is 2.08. The Morgan fingerprint density at radius 3 is 2.74 bits per heavy atom. The van der Waals surface area contributed by atoms with E-state index in [0.717, 1.165) is 46.5 Å². The van der Waals surface area contributed by atoms with Crippen LogP contribution in [0.2, 0.25) is 5.02 Å². The van der Waals surface area contributed by atoms with Gasteiger partial charge in [-0.3, -0.25) is 4.68 Å². The lowest BCUT2D eigenvalue weighted by Crippen LogP contribution is -2.27. The molecule has 19 heavy (non-hydrogen) atoms. The molecule has 2 rings (SSSR count). The molecule has 0 aliphatic carbocycles. The van der Waals surface area contributed by atoms with E-state index >= 15 is 0 Å². The van der Waals surface area contributed by atoms with Crippen molar-refractivity contribution < 1.29 is 0 Å². The zero-order valence-electron chi connectivity index (χ0n) is 11.5. The van der Waals surface area contributed by atoms with E-state index in [4.69, 9.17) is 17.3 Å². The van der Waals surface area contributed by atoms with Crippen LogP contribution in [0.25, 0.3) is 0 Å². The molecule has 2 aromatic heterocycles. The van der Waals surface area contributed by atoms with E-state index < -0.39 is 0 Å². The first-order valence-electron chi connectivity index (χ1n) is 6.39. The van der Waals surface area contributed by atoms with E-state index in [1.165, 1.54) is 0 Å². The average Bonchev–Trinajstić information content (AvgIpc) is 2.87. The molecule has 4 nitrogen and oxygen atoms in total. The molecule has 0 spiro atoms. The maximum atomic E-state index is 6.29.